The van der Waals surface area contributed by atoms with Crippen LogP contribution in [-0.2, 0) is 4.79 Å². The zero-order chi connectivity index (χ0) is 9.31. The van der Waals surface area contributed by atoms with Gasteiger partial charge in [0.05, 0.1) is 0 Å². The van der Waals surface area contributed by atoms with E-state index in [2.05, 4.69) is 12.2 Å². The molecule has 2 atom stereocenters. The Morgan fingerprint density at radius 1 is 1.69 bits per heavy atom. The monoisotopic (exact) mass is 199 g/mol. The first-order valence-electron chi connectivity index (χ1n) is 5.14. The van der Waals surface area contributed by atoms with E-state index in [0.717, 1.165) is 12.8 Å². The topological polar surface area (TPSA) is 29.1 Å². The summed E-state index contributed by atoms with van der Waals surface area (Å²) in [5, 5.41) is 3.11. The number of hydrogen-bond donors (Lipinski definition) is 1. The quantitative estimate of drug-likeness (QED) is 0.697. The molecule has 3 heteroatoms. The van der Waals surface area contributed by atoms with Crippen LogP contribution in [0.25, 0.3) is 0 Å². The minimum Gasteiger partial charge on any atom is -0.353 e. The van der Waals surface area contributed by atoms with Crippen molar-refractivity contribution in [3.05, 3.63) is 0 Å². The highest BCUT2D eigenvalue weighted by atomic mass is 32.2. The molecule has 0 aliphatic carbocycles. The Kier molecular flexibility index (Phi) is 2.54. The third kappa shape index (κ3) is 1.58. The average Bonchev–Trinajstić information content (AvgIpc) is 2.43. The number of thioether (sulfide) groups is 1. The maximum atomic E-state index is 11.4. The van der Waals surface area contributed by atoms with Crippen LogP contribution in [0.3, 0.4) is 0 Å². The number of carbonyl (C=O) groups excluding carboxylic acids is 1. The van der Waals surface area contributed by atoms with Gasteiger partial charge in [0, 0.05) is 23.6 Å². The van der Waals surface area contributed by atoms with E-state index in [9.17, 15) is 4.79 Å². The number of hydrogen-bond acceptors (Lipinski definition) is 2. The summed E-state index contributed by atoms with van der Waals surface area (Å²) in [6.07, 6.45) is 4.40. The molecule has 2 unspecified atom stereocenters. The van der Waals surface area contributed by atoms with Gasteiger partial charge in [0.15, 0.2) is 0 Å². The molecule has 1 amide bonds. The molecule has 0 aromatic heterocycles. The van der Waals surface area contributed by atoms with Crippen molar-refractivity contribution in [3.8, 4) is 0 Å². The number of rotatable bonds is 1. The summed E-state index contributed by atoms with van der Waals surface area (Å²) in [6.45, 7) is 2.18. The fourth-order valence-corrected chi connectivity index (χ4v) is 4.01. The van der Waals surface area contributed by atoms with E-state index >= 15 is 0 Å². The molecule has 13 heavy (non-hydrogen) atoms. The Labute approximate surface area is 83.8 Å². The Morgan fingerprint density at radius 2 is 2.54 bits per heavy atom. The van der Waals surface area contributed by atoms with Gasteiger partial charge in [-0.2, -0.15) is 11.8 Å². The molecular formula is C10H17NOS. The van der Waals surface area contributed by atoms with Crippen molar-refractivity contribution in [2.45, 2.75) is 38.6 Å². The Balaban J connectivity index is 2.13. The normalized spacial score (nSPS) is 39.5. The van der Waals surface area contributed by atoms with Gasteiger partial charge < -0.3 is 5.32 Å². The predicted octanol–water partition coefficient (Wildman–Crippen LogP) is 1.80. The van der Waals surface area contributed by atoms with Crippen LogP contribution in [0.2, 0.25) is 0 Å². The summed E-state index contributed by atoms with van der Waals surface area (Å²) in [5.41, 5.74) is 0.314. The zero-order valence-corrected chi connectivity index (χ0v) is 8.95. The van der Waals surface area contributed by atoms with Gasteiger partial charge in [0.25, 0.3) is 0 Å². The average molecular weight is 199 g/mol. The van der Waals surface area contributed by atoms with Gasteiger partial charge in [-0.05, 0) is 25.0 Å². The third-order valence-electron chi connectivity index (χ3n) is 3.35. The lowest BCUT2D eigenvalue weighted by molar-refractivity contribution is -0.119. The minimum atomic E-state index is 0.273. The fourth-order valence-electron chi connectivity index (χ4n) is 2.66. The molecule has 0 bridgehead atoms. The van der Waals surface area contributed by atoms with E-state index < -0.39 is 0 Å². The second-order valence-electron chi connectivity index (χ2n) is 4.22. The summed E-state index contributed by atoms with van der Waals surface area (Å²) >= 11 is 2.02. The maximum Gasteiger partial charge on any atom is 0.220 e. The van der Waals surface area contributed by atoms with E-state index in [0.29, 0.717) is 11.5 Å². The highest BCUT2D eigenvalue weighted by Crippen LogP contribution is 2.44. The van der Waals surface area contributed by atoms with Crippen LogP contribution < -0.4 is 5.32 Å². The van der Waals surface area contributed by atoms with E-state index in [1.54, 1.807) is 0 Å². The smallest absolute Gasteiger partial charge is 0.220 e. The molecule has 2 rings (SSSR count). The van der Waals surface area contributed by atoms with Crippen molar-refractivity contribution in [1.82, 2.24) is 5.32 Å². The SMILES string of the molecule is CCC1NC(=O)CC12CCCSC2. The molecule has 0 radical (unpaired) electrons. The summed E-state index contributed by atoms with van der Waals surface area (Å²) in [6, 6.07) is 0.452. The van der Waals surface area contributed by atoms with Crippen LogP contribution in [0.15, 0.2) is 0 Å². The molecule has 1 spiro atoms. The highest BCUT2D eigenvalue weighted by Gasteiger charge is 2.46. The van der Waals surface area contributed by atoms with Crippen molar-refractivity contribution in [3.63, 3.8) is 0 Å². The summed E-state index contributed by atoms with van der Waals surface area (Å²) in [5.74, 6) is 2.74. The maximum absolute atomic E-state index is 11.4. The predicted molar refractivity (Wildman–Crippen MR) is 55.8 cm³/mol. The number of amides is 1. The van der Waals surface area contributed by atoms with Crippen LogP contribution in [0, 0.1) is 5.41 Å². The van der Waals surface area contributed by atoms with Crippen molar-refractivity contribution in [2.75, 3.05) is 11.5 Å². The van der Waals surface area contributed by atoms with E-state index in [1.807, 2.05) is 11.8 Å². The molecule has 2 aliphatic rings. The van der Waals surface area contributed by atoms with Crippen molar-refractivity contribution < 1.29 is 4.79 Å². The van der Waals surface area contributed by atoms with Gasteiger partial charge in [0.1, 0.15) is 0 Å². The van der Waals surface area contributed by atoms with Crippen molar-refractivity contribution in [2.24, 2.45) is 5.41 Å². The molecule has 2 nitrogen and oxygen atoms in total. The van der Waals surface area contributed by atoms with E-state index in [4.69, 9.17) is 0 Å². The molecule has 2 aliphatic heterocycles. The molecule has 0 aromatic rings. The molecule has 2 saturated heterocycles. The second kappa shape index (κ2) is 3.52. The lowest BCUT2D eigenvalue weighted by Crippen LogP contribution is -2.40. The first-order valence-corrected chi connectivity index (χ1v) is 6.29. The Hall–Kier alpha value is -0.180. The zero-order valence-electron chi connectivity index (χ0n) is 8.14. The number of nitrogens with one attached hydrogen (secondary N) is 1. The summed E-state index contributed by atoms with van der Waals surface area (Å²) in [7, 11) is 0. The largest absolute Gasteiger partial charge is 0.353 e. The van der Waals surface area contributed by atoms with E-state index in [-0.39, 0.29) is 5.91 Å². The Bertz CT molecular complexity index is 211. The molecule has 2 heterocycles. The molecule has 0 saturated carbocycles. The highest BCUT2D eigenvalue weighted by molar-refractivity contribution is 7.99. The van der Waals surface area contributed by atoms with Gasteiger partial charge in [-0.1, -0.05) is 6.92 Å². The third-order valence-corrected chi connectivity index (χ3v) is 4.70. The summed E-state index contributed by atoms with van der Waals surface area (Å²) < 4.78 is 0. The van der Waals surface area contributed by atoms with Gasteiger partial charge in [-0.25, -0.2) is 0 Å². The molecular weight excluding hydrogens is 182 g/mol. The first kappa shape index (κ1) is 9.38. The van der Waals surface area contributed by atoms with E-state index in [1.165, 1.54) is 24.3 Å². The van der Waals surface area contributed by atoms with Crippen LogP contribution >= 0.6 is 11.8 Å². The van der Waals surface area contributed by atoms with Gasteiger partial charge in [-0.15, -0.1) is 0 Å². The van der Waals surface area contributed by atoms with Gasteiger partial charge in [0.2, 0.25) is 5.91 Å². The molecule has 0 aromatic carbocycles. The number of carbonyl (C=O) groups is 1. The van der Waals surface area contributed by atoms with Crippen LogP contribution in [0.4, 0.5) is 0 Å². The molecule has 74 valence electrons. The molecule has 1 N–H and O–H groups in total. The first-order chi connectivity index (χ1) is 6.27. The lowest BCUT2D eigenvalue weighted by Gasteiger charge is -2.36. The van der Waals surface area contributed by atoms with Crippen LogP contribution in [0.5, 0.6) is 0 Å². The fraction of sp³-hybridized carbons (Fsp3) is 0.900. The minimum absolute atomic E-state index is 0.273. The Morgan fingerprint density at radius 3 is 3.15 bits per heavy atom. The standard InChI is InChI=1S/C10H17NOS/c1-2-8-10(6-9(12)11-8)4-3-5-13-7-10/h8H,2-7H2,1H3,(H,11,12). The van der Waals surface area contributed by atoms with Crippen molar-refractivity contribution >= 4 is 17.7 Å². The second-order valence-corrected chi connectivity index (χ2v) is 5.33. The van der Waals surface area contributed by atoms with Crippen LogP contribution in [-0.4, -0.2) is 23.5 Å². The van der Waals surface area contributed by atoms with Gasteiger partial charge in [-0.3, -0.25) is 4.79 Å². The lowest BCUT2D eigenvalue weighted by atomic mass is 9.77. The van der Waals surface area contributed by atoms with Gasteiger partial charge >= 0.3 is 0 Å². The van der Waals surface area contributed by atoms with Crippen molar-refractivity contribution in [1.29, 1.82) is 0 Å². The summed E-state index contributed by atoms with van der Waals surface area (Å²) in [4.78, 5) is 11.4. The van der Waals surface area contributed by atoms with Crippen LogP contribution in [0.1, 0.15) is 32.6 Å². The molecule has 2 fully saturated rings.